The molecule has 0 aliphatic carbocycles. The third-order valence-electron chi connectivity index (χ3n) is 4.48. The second kappa shape index (κ2) is 9.03. The van der Waals surface area contributed by atoms with Crippen LogP contribution < -0.4 is 5.32 Å². The van der Waals surface area contributed by atoms with Gasteiger partial charge in [-0.3, -0.25) is 4.79 Å². The van der Waals surface area contributed by atoms with Gasteiger partial charge in [0.25, 0.3) is 5.91 Å². The number of hydrogen-bond acceptors (Lipinski definition) is 5. The highest BCUT2D eigenvalue weighted by Gasteiger charge is 2.35. The van der Waals surface area contributed by atoms with Crippen LogP contribution in [-0.2, 0) is 0 Å². The first-order valence-electron chi connectivity index (χ1n) is 9.36. The maximum Gasteiger partial charge on any atom is 0.262 e. The summed E-state index contributed by atoms with van der Waals surface area (Å²) in [4.78, 5) is 24.0. The van der Waals surface area contributed by atoms with Crippen molar-refractivity contribution in [1.29, 1.82) is 0 Å². The molecule has 1 atom stereocenters. The van der Waals surface area contributed by atoms with Crippen molar-refractivity contribution in [2.45, 2.75) is 50.7 Å². The molecule has 0 saturated carbocycles. The smallest absolute Gasteiger partial charge is 0.262 e. The number of carbonyl (C=O) groups excluding carboxylic acids is 1. The third kappa shape index (κ3) is 4.01. The number of nitrogens with one attached hydrogen (secondary N) is 1. The van der Waals surface area contributed by atoms with E-state index in [0.29, 0.717) is 11.4 Å². The zero-order chi connectivity index (χ0) is 18.4. The molecule has 1 amide bonds. The molecule has 1 aromatic carbocycles. The highest BCUT2D eigenvalue weighted by Crippen LogP contribution is 2.36. The Morgan fingerprint density at radius 2 is 1.88 bits per heavy atom. The average Bonchev–Trinajstić information content (AvgIpc) is 2.68. The second-order valence-electron chi connectivity index (χ2n) is 6.41. The Hall–Kier alpha value is -2.08. The van der Waals surface area contributed by atoms with Crippen molar-refractivity contribution in [3.8, 4) is 0 Å². The number of carbonyl (C=O) groups is 1. The van der Waals surface area contributed by atoms with Gasteiger partial charge in [-0.05, 0) is 24.2 Å². The molecule has 1 aliphatic heterocycles. The van der Waals surface area contributed by atoms with Crippen LogP contribution in [0.3, 0.4) is 0 Å². The van der Waals surface area contributed by atoms with Crippen molar-refractivity contribution < 1.29 is 4.79 Å². The summed E-state index contributed by atoms with van der Waals surface area (Å²) in [6.45, 7) is 5.03. The van der Waals surface area contributed by atoms with Crippen LogP contribution >= 0.6 is 11.8 Å². The summed E-state index contributed by atoms with van der Waals surface area (Å²) in [5.41, 5.74) is 1.69. The van der Waals surface area contributed by atoms with Gasteiger partial charge in [-0.15, -0.1) is 11.8 Å². The lowest BCUT2D eigenvalue weighted by Gasteiger charge is -2.38. The molecule has 2 heterocycles. The van der Waals surface area contributed by atoms with Crippen LogP contribution in [0.4, 0.5) is 5.82 Å². The van der Waals surface area contributed by atoms with E-state index in [-0.39, 0.29) is 12.1 Å². The highest BCUT2D eigenvalue weighted by molar-refractivity contribution is 7.99. The van der Waals surface area contributed by atoms with E-state index in [4.69, 9.17) is 0 Å². The molecule has 6 heteroatoms. The summed E-state index contributed by atoms with van der Waals surface area (Å²) < 4.78 is 0. The molecule has 0 fully saturated rings. The van der Waals surface area contributed by atoms with Gasteiger partial charge in [0.05, 0.1) is 0 Å². The molecular formula is C20H26N4OS. The number of hydrogen-bond donors (Lipinski definition) is 1. The maximum absolute atomic E-state index is 13.4. The zero-order valence-corrected chi connectivity index (χ0v) is 16.3. The number of rotatable bonds is 8. The summed E-state index contributed by atoms with van der Waals surface area (Å²) in [7, 11) is 0. The van der Waals surface area contributed by atoms with Crippen molar-refractivity contribution in [2.75, 3.05) is 17.6 Å². The molecule has 1 aromatic heterocycles. The van der Waals surface area contributed by atoms with Crippen LogP contribution in [0.15, 0.2) is 41.7 Å². The van der Waals surface area contributed by atoms with Gasteiger partial charge >= 0.3 is 0 Å². The van der Waals surface area contributed by atoms with Crippen molar-refractivity contribution in [3.63, 3.8) is 0 Å². The number of anilines is 1. The van der Waals surface area contributed by atoms with Gasteiger partial charge in [-0.1, -0.05) is 57.0 Å². The van der Waals surface area contributed by atoms with Gasteiger partial charge in [0, 0.05) is 6.54 Å². The van der Waals surface area contributed by atoms with E-state index in [1.807, 2.05) is 35.2 Å². The highest BCUT2D eigenvalue weighted by atomic mass is 32.2. The van der Waals surface area contributed by atoms with E-state index in [1.165, 1.54) is 0 Å². The van der Waals surface area contributed by atoms with Gasteiger partial charge in [0.1, 0.15) is 28.9 Å². The van der Waals surface area contributed by atoms with E-state index >= 15 is 0 Å². The standard InChI is InChI=1S/C20H26N4OS/c1-3-5-12-24-18(15-10-8-7-9-11-15)23-17-16(20(24)25)19(22-14-21-17)26-13-6-4-2/h7-11,14,18H,3-6,12-13H2,1-2H3,(H,21,22,23). The quantitative estimate of drug-likeness (QED) is 0.413. The molecule has 1 unspecified atom stereocenters. The molecule has 2 aromatic rings. The summed E-state index contributed by atoms with van der Waals surface area (Å²) in [6, 6.07) is 10.1. The maximum atomic E-state index is 13.4. The minimum Gasteiger partial charge on any atom is -0.345 e. The summed E-state index contributed by atoms with van der Waals surface area (Å²) in [6.07, 6.45) is 5.62. The predicted molar refractivity (Wildman–Crippen MR) is 106 cm³/mol. The van der Waals surface area contributed by atoms with E-state index in [2.05, 4.69) is 29.1 Å². The SMILES string of the molecule is CCCCSc1ncnc2c1C(=O)N(CCCC)C(c1ccccc1)N2. The molecule has 0 radical (unpaired) electrons. The number of nitrogens with zero attached hydrogens (tertiary/aromatic N) is 3. The summed E-state index contributed by atoms with van der Waals surface area (Å²) >= 11 is 1.65. The number of fused-ring (bicyclic) bond motifs is 1. The van der Waals surface area contributed by atoms with Crippen molar-refractivity contribution in [1.82, 2.24) is 14.9 Å². The van der Waals surface area contributed by atoms with Gasteiger partial charge in [0.2, 0.25) is 0 Å². The summed E-state index contributed by atoms with van der Waals surface area (Å²) in [5.74, 6) is 1.64. The van der Waals surface area contributed by atoms with Crippen LogP contribution in [-0.4, -0.2) is 33.1 Å². The first-order chi connectivity index (χ1) is 12.8. The van der Waals surface area contributed by atoms with E-state index in [0.717, 1.165) is 48.6 Å². The topological polar surface area (TPSA) is 58.1 Å². The minimum atomic E-state index is -0.189. The Morgan fingerprint density at radius 1 is 1.12 bits per heavy atom. The molecule has 0 saturated heterocycles. The Morgan fingerprint density at radius 3 is 2.62 bits per heavy atom. The lowest BCUT2D eigenvalue weighted by molar-refractivity contribution is 0.0673. The molecule has 1 N–H and O–H groups in total. The lowest BCUT2D eigenvalue weighted by atomic mass is 10.1. The molecule has 0 bridgehead atoms. The predicted octanol–water partition coefficient (Wildman–Crippen LogP) is 4.74. The van der Waals surface area contributed by atoms with Crippen LogP contribution in [0.1, 0.15) is 61.6 Å². The van der Waals surface area contributed by atoms with E-state index in [1.54, 1.807) is 18.1 Å². The van der Waals surface area contributed by atoms with Crippen molar-refractivity contribution in [2.24, 2.45) is 0 Å². The molecule has 138 valence electrons. The van der Waals surface area contributed by atoms with E-state index < -0.39 is 0 Å². The fourth-order valence-corrected chi connectivity index (χ4v) is 4.10. The average molecular weight is 371 g/mol. The number of thioether (sulfide) groups is 1. The first kappa shape index (κ1) is 18.7. The van der Waals surface area contributed by atoms with Gasteiger partial charge in [-0.2, -0.15) is 0 Å². The Labute approximate surface area is 159 Å². The van der Waals surface area contributed by atoms with E-state index in [9.17, 15) is 4.79 Å². The minimum absolute atomic E-state index is 0.0284. The normalized spacial score (nSPS) is 16.3. The van der Waals surface area contributed by atoms with Crippen molar-refractivity contribution in [3.05, 3.63) is 47.8 Å². The zero-order valence-electron chi connectivity index (χ0n) is 15.4. The van der Waals surface area contributed by atoms with Crippen LogP contribution in [0.2, 0.25) is 0 Å². The third-order valence-corrected chi connectivity index (χ3v) is 5.55. The Bertz CT molecular complexity index is 738. The lowest BCUT2D eigenvalue weighted by Crippen LogP contribution is -2.44. The van der Waals surface area contributed by atoms with Crippen molar-refractivity contribution >= 4 is 23.5 Å². The number of benzene rings is 1. The fraction of sp³-hybridized carbons (Fsp3) is 0.450. The van der Waals surface area contributed by atoms with Gasteiger partial charge in [0.15, 0.2) is 0 Å². The first-order valence-corrected chi connectivity index (χ1v) is 10.3. The molecule has 1 aliphatic rings. The monoisotopic (exact) mass is 370 g/mol. The molecule has 26 heavy (non-hydrogen) atoms. The second-order valence-corrected chi connectivity index (χ2v) is 7.50. The number of amides is 1. The molecular weight excluding hydrogens is 344 g/mol. The Kier molecular flexibility index (Phi) is 6.50. The molecule has 5 nitrogen and oxygen atoms in total. The summed E-state index contributed by atoms with van der Waals surface area (Å²) in [5, 5.41) is 4.26. The fourth-order valence-electron chi connectivity index (χ4n) is 3.02. The number of aromatic nitrogens is 2. The van der Waals surface area contributed by atoms with Crippen LogP contribution in [0.5, 0.6) is 0 Å². The Balaban J connectivity index is 1.95. The molecule has 3 rings (SSSR count). The largest absolute Gasteiger partial charge is 0.345 e. The van der Waals surface area contributed by atoms with Crippen LogP contribution in [0.25, 0.3) is 0 Å². The number of unbranched alkanes of at least 4 members (excludes halogenated alkanes) is 2. The van der Waals surface area contributed by atoms with Gasteiger partial charge < -0.3 is 10.2 Å². The molecule has 0 spiro atoms. The van der Waals surface area contributed by atoms with Crippen LogP contribution in [0, 0.1) is 0 Å². The van der Waals surface area contributed by atoms with Gasteiger partial charge in [-0.25, -0.2) is 9.97 Å².